The minimum atomic E-state index is -0.840. The molecule has 1 aromatic carbocycles. The first-order valence-corrected chi connectivity index (χ1v) is 7.19. The number of esters is 2. The van der Waals surface area contributed by atoms with Crippen LogP contribution in [0.3, 0.4) is 0 Å². The maximum atomic E-state index is 12.2. The average molecular weight is 321 g/mol. The van der Waals surface area contributed by atoms with Crippen molar-refractivity contribution < 1.29 is 28.6 Å². The molecular formula is C16H19NO6. The van der Waals surface area contributed by atoms with Gasteiger partial charge in [0.05, 0.1) is 20.1 Å². The molecule has 0 aromatic heterocycles. The fourth-order valence-electron chi connectivity index (χ4n) is 2.54. The molecule has 23 heavy (non-hydrogen) atoms. The van der Waals surface area contributed by atoms with E-state index in [0.717, 1.165) is 5.56 Å². The van der Waals surface area contributed by atoms with Crippen molar-refractivity contribution in [2.24, 2.45) is 5.92 Å². The SMILES string of the molecule is COC(=O)[C@@H]1C[C@H](C(=O)OC)N(C(=O)OCc2ccccc2)C1. The molecule has 1 aromatic rings. The minimum Gasteiger partial charge on any atom is -0.469 e. The lowest BCUT2D eigenvalue weighted by Gasteiger charge is -2.21. The van der Waals surface area contributed by atoms with Crippen molar-refractivity contribution >= 4 is 18.0 Å². The molecular weight excluding hydrogens is 302 g/mol. The van der Waals surface area contributed by atoms with Crippen molar-refractivity contribution in [1.29, 1.82) is 0 Å². The Labute approximate surface area is 134 Å². The number of rotatable bonds is 4. The summed E-state index contributed by atoms with van der Waals surface area (Å²) in [4.78, 5) is 37.0. The van der Waals surface area contributed by atoms with Gasteiger partial charge in [-0.05, 0) is 12.0 Å². The summed E-state index contributed by atoms with van der Waals surface area (Å²) in [6, 6.07) is 8.35. The van der Waals surface area contributed by atoms with E-state index in [1.165, 1.54) is 19.1 Å². The van der Waals surface area contributed by atoms with E-state index in [-0.39, 0.29) is 19.6 Å². The number of benzene rings is 1. The molecule has 0 bridgehead atoms. The first-order chi connectivity index (χ1) is 11.1. The summed E-state index contributed by atoms with van der Waals surface area (Å²) in [6.45, 7) is 0.160. The van der Waals surface area contributed by atoms with Crippen LogP contribution in [0.25, 0.3) is 0 Å². The van der Waals surface area contributed by atoms with E-state index in [1.54, 1.807) is 0 Å². The predicted molar refractivity (Wildman–Crippen MR) is 79.3 cm³/mol. The van der Waals surface area contributed by atoms with E-state index in [0.29, 0.717) is 0 Å². The average Bonchev–Trinajstić information content (AvgIpc) is 3.04. The summed E-state index contributed by atoms with van der Waals surface area (Å²) in [5, 5.41) is 0. The molecule has 0 spiro atoms. The van der Waals surface area contributed by atoms with Crippen LogP contribution in [0.15, 0.2) is 30.3 Å². The Kier molecular flexibility index (Phi) is 5.56. The topological polar surface area (TPSA) is 82.1 Å². The molecule has 7 nitrogen and oxygen atoms in total. The highest BCUT2D eigenvalue weighted by atomic mass is 16.6. The normalized spacial score (nSPS) is 20.0. The molecule has 0 unspecified atom stereocenters. The molecule has 1 aliphatic heterocycles. The Hall–Kier alpha value is -2.57. The first-order valence-electron chi connectivity index (χ1n) is 7.19. The molecule has 0 saturated carbocycles. The Morgan fingerprint density at radius 2 is 1.74 bits per heavy atom. The Bertz CT molecular complexity index is 573. The molecule has 1 amide bonds. The number of likely N-dealkylation sites (tertiary alicyclic amines) is 1. The molecule has 0 radical (unpaired) electrons. The lowest BCUT2D eigenvalue weighted by molar-refractivity contribution is -0.145. The van der Waals surface area contributed by atoms with Gasteiger partial charge in [-0.25, -0.2) is 9.59 Å². The van der Waals surface area contributed by atoms with Crippen LogP contribution in [0.1, 0.15) is 12.0 Å². The molecule has 0 N–H and O–H groups in total. The van der Waals surface area contributed by atoms with Crippen molar-refractivity contribution in [3.05, 3.63) is 35.9 Å². The van der Waals surface area contributed by atoms with Crippen molar-refractivity contribution in [3.63, 3.8) is 0 Å². The van der Waals surface area contributed by atoms with Crippen molar-refractivity contribution in [3.8, 4) is 0 Å². The van der Waals surface area contributed by atoms with Crippen LogP contribution in [0, 0.1) is 5.92 Å². The van der Waals surface area contributed by atoms with Gasteiger partial charge in [0.2, 0.25) is 0 Å². The highest BCUT2D eigenvalue weighted by Gasteiger charge is 2.44. The van der Waals surface area contributed by atoms with Crippen LogP contribution in [-0.4, -0.2) is 49.7 Å². The van der Waals surface area contributed by atoms with Crippen molar-refractivity contribution in [1.82, 2.24) is 4.90 Å². The van der Waals surface area contributed by atoms with Crippen molar-refractivity contribution in [2.45, 2.75) is 19.1 Å². The number of hydrogen-bond acceptors (Lipinski definition) is 6. The highest BCUT2D eigenvalue weighted by Crippen LogP contribution is 2.26. The lowest BCUT2D eigenvalue weighted by Crippen LogP contribution is -2.41. The summed E-state index contributed by atoms with van der Waals surface area (Å²) in [7, 11) is 2.51. The molecule has 124 valence electrons. The smallest absolute Gasteiger partial charge is 0.410 e. The standard InChI is InChI=1S/C16H19NO6/c1-21-14(18)12-8-13(15(19)22-2)17(9-12)16(20)23-10-11-6-4-3-5-7-11/h3-7,12-13H,8-10H2,1-2H3/t12-,13-/m1/s1. The van der Waals surface area contributed by atoms with Crippen LogP contribution < -0.4 is 0 Å². The van der Waals surface area contributed by atoms with E-state index in [1.807, 2.05) is 30.3 Å². The van der Waals surface area contributed by atoms with Crippen LogP contribution >= 0.6 is 0 Å². The fraction of sp³-hybridized carbons (Fsp3) is 0.438. The molecule has 1 heterocycles. The molecule has 1 fully saturated rings. The lowest BCUT2D eigenvalue weighted by atomic mass is 10.1. The largest absolute Gasteiger partial charge is 0.469 e. The second-order valence-electron chi connectivity index (χ2n) is 5.19. The van der Waals surface area contributed by atoms with Gasteiger partial charge in [0, 0.05) is 6.54 Å². The number of nitrogens with zero attached hydrogens (tertiary/aromatic N) is 1. The summed E-state index contributed by atoms with van der Waals surface area (Å²) < 4.78 is 14.6. The quantitative estimate of drug-likeness (QED) is 0.615. The highest BCUT2D eigenvalue weighted by molar-refractivity contribution is 5.85. The number of hydrogen-bond donors (Lipinski definition) is 0. The monoisotopic (exact) mass is 321 g/mol. The van der Waals surface area contributed by atoms with Gasteiger partial charge in [-0.2, -0.15) is 0 Å². The van der Waals surface area contributed by atoms with Crippen LogP contribution in [-0.2, 0) is 30.4 Å². The third-order valence-electron chi connectivity index (χ3n) is 3.75. The Morgan fingerprint density at radius 3 is 2.35 bits per heavy atom. The molecule has 1 aliphatic rings. The summed E-state index contributed by atoms with van der Waals surface area (Å²) in [5.41, 5.74) is 0.833. The van der Waals surface area contributed by atoms with Crippen LogP contribution in [0.5, 0.6) is 0 Å². The number of methoxy groups -OCH3 is 2. The van der Waals surface area contributed by atoms with Crippen LogP contribution in [0.2, 0.25) is 0 Å². The maximum Gasteiger partial charge on any atom is 0.410 e. The Morgan fingerprint density at radius 1 is 1.09 bits per heavy atom. The van der Waals surface area contributed by atoms with Gasteiger partial charge in [0.1, 0.15) is 12.6 Å². The van der Waals surface area contributed by atoms with Gasteiger partial charge in [-0.3, -0.25) is 9.69 Å². The zero-order valence-corrected chi connectivity index (χ0v) is 13.1. The Balaban J connectivity index is 2.03. The van der Waals surface area contributed by atoms with E-state index in [4.69, 9.17) is 9.47 Å². The van der Waals surface area contributed by atoms with Gasteiger partial charge in [0.15, 0.2) is 0 Å². The zero-order chi connectivity index (χ0) is 16.8. The summed E-state index contributed by atoms with van der Waals surface area (Å²) in [5.74, 6) is -1.60. The molecule has 2 atom stereocenters. The third kappa shape index (κ3) is 4.00. The van der Waals surface area contributed by atoms with E-state index < -0.39 is 30.0 Å². The maximum absolute atomic E-state index is 12.2. The van der Waals surface area contributed by atoms with E-state index >= 15 is 0 Å². The number of carbonyl (C=O) groups is 3. The van der Waals surface area contributed by atoms with Gasteiger partial charge in [-0.15, -0.1) is 0 Å². The molecule has 1 saturated heterocycles. The van der Waals surface area contributed by atoms with Gasteiger partial charge < -0.3 is 14.2 Å². The van der Waals surface area contributed by atoms with E-state index in [2.05, 4.69) is 4.74 Å². The predicted octanol–water partition coefficient (Wildman–Crippen LogP) is 1.36. The van der Waals surface area contributed by atoms with Gasteiger partial charge in [0.25, 0.3) is 0 Å². The zero-order valence-electron chi connectivity index (χ0n) is 13.1. The number of carbonyl (C=O) groups excluding carboxylic acids is 3. The first kappa shape index (κ1) is 16.8. The second kappa shape index (κ2) is 7.62. The molecule has 2 rings (SSSR count). The second-order valence-corrected chi connectivity index (χ2v) is 5.19. The fourth-order valence-corrected chi connectivity index (χ4v) is 2.54. The number of amides is 1. The van der Waals surface area contributed by atoms with Crippen LogP contribution in [0.4, 0.5) is 4.79 Å². The van der Waals surface area contributed by atoms with E-state index in [9.17, 15) is 14.4 Å². The third-order valence-corrected chi connectivity index (χ3v) is 3.75. The molecule has 7 heteroatoms. The minimum absolute atomic E-state index is 0.0695. The number of ether oxygens (including phenoxy) is 3. The van der Waals surface area contributed by atoms with Crippen molar-refractivity contribution in [2.75, 3.05) is 20.8 Å². The van der Waals surface area contributed by atoms with Gasteiger partial charge >= 0.3 is 18.0 Å². The summed E-state index contributed by atoms with van der Waals surface area (Å²) >= 11 is 0. The molecule has 0 aliphatic carbocycles. The van der Waals surface area contributed by atoms with Gasteiger partial charge in [-0.1, -0.05) is 30.3 Å². The summed E-state index contributed by atoms with van der Waals surface area (Å²) in [6.07, 6.45) is -0.490.